The first-order valence-electron chi connectivity index (χ1n) is 6.06. The van der Waals surface area contributed by atoms with Gasteiger partial charge in [0.1, 0.15) is 0 Å². The molecule has 0 aromatic heterocycles. The zero-order valence-electron chi connectivity index (χ0n) is 11.6. The molecule has 0 aromatic carbocycles. The molecule has 0 amide bonds. The zero-order valence-corrected chi connectivity index (χ0v) is 11.6. The van der Waals surface area contributed by atoms with Gasteiger partial charge in [0, 0.05) is 5.54 Å². The Labute approximate surface area is 101 Å². The van der Waals surface area contributed by atoms with Crippen LogP contribution in [0.25, 0.3) is 0 Å². The van der Waals surface area contributed by atoms with Gasteiger partial charge < -0.3 is 20.2 Å². The van der Waals surface area contributed by atoms with Crippen LogP contribution >= 0.6 is 0 Å². The van der Waals surface area contributed by atoms with Crippen molar-refractivity contribution in [3.63, 3.8) is 0 Å². The van der Waals surface area contributed by atoms with Gasteiger partial charge in [0.2, 0.25) is 0 Å². The predicted molar refractivity (Wildman–Crippen MR) is 69.8 cm³/mol. The molecule has 0 saturated heterocycles. The largest absolute Gasteiger partial charge is 0.394 e. The van der Waals surface area contributed by atoms with Crippen molar-refractivity contribution in [1.29, 1.82) is 0 Å². The summed E-state index contributed by atoms with van der Waals surface area (Å²) in [6.45, 7) is 5.51. The van der Waals surface area contributed by atoms with Crippen molar-refractivity contribution in [3.05, 3.63) is 0 Å². The van der Waals surface area contributed by atoms with Crippen LogP contribution in [-0.4, -0.2) is 74.9 Å². The van der Waals surface area contributed by atoms with E-state index in [4.69, 9.17) is 0 Å². The Kier molecular flexibility index (Phi) is 7.93. The molecule has 16 heavy (non-hydrogen) atoms. The maximum Gasteiger partial charge on any atom is 0.0610 e. The average molecular weight is 231 g/mol. The van der Waals surface area contributed by atoms with Crippen molar-refractivity contribution in [3.8, 4) is 0 Å². The third-order valence-electron chi connectivity index (χ3n) is 3.14. The SMILES string of the molecule is CNC(C)(CO)CCN(C)CCCN(C)C. The molecule has 0 aromatic rings. The van der Waals surface area contributed by atoms with Gasteiger partial charge in [-0.25, -0.2) is 0 Å². The zero-order chi connectivity index (χ0) is 12.6. The van der Waals surface area contributed by atoms with Crippen LogP contribution in [0.2, 0.25) is 0 Å². The summed E-state index contributed by atoms with van der Waals surface area (Å²) in [5.74, 6) is 0. The van der Waals surface area contributed by atoms with E-state index in [9.17, 15) is 5.11 Å². The number of hydrogen-bond acceptors (Lipinski definition) is 4. The maximum atomic E-state index is 9.26. The van der Waals surface area contributed by atoms with Crippen molar-refractivity contribution < 1.29 is 5.11 Å². The molecule has 1 atom stereocenters. The van der Waals surface area contributed by atoms with Crippen molar-refractivity contribution in [2.45, 2.75) is 25.3 Å². The van der Waals surface area contributed by atoms with Gasteiger partial charge in [-0.3, -0.25) is 0 Å². The Morgan fingerprint density at radius 3 is 2.19 bits per heavy atom. The molecule has 0 aliphatic rings. The average Bonchev–Trinajstić information content (AvgIpc) is 2.25. The Morgan fingerprint density at radius 1 is 1.12 bits per heavy atom. The number of nitrogens with one attached hydrogen (secondary N) is 1. The predicted octanol–water partition coefficient (Wildman–Crippen LogP) is 0.230. The number of likely N-dealkylation sites (N-methyl/N-ethyl adjacent to an activating group) is 1. The van der Waals surface area contributed by atoms with Crippen molar-refractivity contribution in [2.24, 2.45) is 0 Å². The van der Waals surface area contributed by atoms with E-state index in [2.05, 4.69) is 43.2 Å². The van der Waals surface area contributed by atoms with Crippen LogP contribution in [0.1, 0.15) is 19.8 Å². The molecule has 0 aliphatic carbocycles. The molecule has 0 fully saturated rings. The van der Waals surface area contributed by atoms with E-state index in [-0.39, 0.29) is 12.1 Å². The highest BCUT2D eigenvalue weighted by Gasteiger charge is 2.20. The molecular formula is C12H29N3O. The third kappa shape index (κ3) is 7.17. The lowest BCUT2D eigenvalue weighted by Crippen LogP contribution is -2.45. The highest BCUT2D eigenvalue weighted by molar-refractivity contribution is 4.81. The second-order valence-corrected chi connectivity index (χ2v) is 5.18. The van der Waals surface area contributed by atoms with E-state index < -0.39 is 0 Å². The fourth-order valence-electron chi connectivity index (χ4n) is 1.49. The molecule has 0 rings (SSSR count). The lowest BCUT2D eigenvalue weighted by Gasteiger charge is -2.29. The molecule has 0 spiro atoms. The Morgan fingerprint density at radius 2 is 1.75 bits per heavy atom. The van der Waals surface area contributed by atoms with Crippen LogP contribution in [-0.2, 0) is 0 Å². The van der Waals surface area contributed by atoms with Gasteiger partial charge >= 0.3 is 0 Å². The summed E-state index contributed by atoms with van der Waals surface area (Å²) in [6.07, 6.45) is 2.16. The summed E-state index contributed by atoms with van der Waals surface area (Å²) in [6, 6.07) is 0. The number of nitrogens with zero attached hydrogens (tertiary/aromatic N) is 2. The molecule has 0 saturated carbocycles. The minimum absolute atomic E-state index is 0.143. The third-order valence-corrected chi connectivity index (χ3v) is 3.14. The highest BCUT2D eigenvalue weighted by Crippen LogP contribution is 2.08. The Bertz CT molecular complexity index is 170. The maximum absolute atomic E-state index is 9.26. The second kappa shape index (κ2) is 8.01. The lowest BCUT2D eigenvalue weighted by molar-refractivity contribution is 0.157. The van der Waals surface area contributed by atoms with Gasteiger partial charge in [-0.05, 0) is 67.6 Å². The summed E-state index contributed by atoms with van der Waals surface area (Å²) >= 11 is 0. The highest BCUT2D eigenvalue weighted by atomic mass is 16.3. The first kappa shape index (κ1) is 15.8. The Balaban J connectivity index is 3.67. The fourth-order valence-corrected chi connectivity index (χ4v) is 1.49. The van der Waals surface area contributed by atoms with Crippen LogP contribution < -0.4 is 5.32 Å². The van der Waals surface area contributed by atoms with E-state index in [1.165, 1.54) is 6.42 Å². The van der Waals surface area contributed by atoms with Crippen LogP contribution in [0, 0.1) is 0 Å². The quantitative estimate of drug-likeness (QED) is 0.596. The van der Waals surface area contributed by atoms with Crippen molar-refractivity contribution in [1.82, 2.24) is 15.1 Å². The molecule has 98 valence electrons. The molecule has 4 heteroatoms. The summed E-state index contributed by atoms with van der Waals surface area (Å²) in [5.41, 5.74) is -0.143. The summed E-state index contributed by atoms with van der Waals surface area (Å²) in [5, 5.41) is 12.4. The molecule has 0 aliphatic heterocycles. The number of aliphatic hydroxyl groups is 1. The van der Waals surface area contributed by atoms with Gasteiger partial charge in [0.05, 0.1) is 6.61 Å². The van der Waals surface area contributed by atoms with Gasteiger partial charge in [-0.2, -0.15) is 0 Å². The van der Waals surface area contributed by atoms with E-state index in [0.29, 0.717) is 0 Å². The number of hydrogen-bond donors (Lipinski definition) is 2. The van der Waals surface area contributed by atoms with E-state index in [1.54, 1.807) is 0 Å². The summed E-state index contributed by atoms with van der Waals surface area (Å²) in [4.78, 5) is 4.54. The molecule has 1 unspecified atom stereocenters. The topological polar surface area (TPSA) is 38.7 Å². The smallest absolute Gasteiger partial charge is 0.0610 e. The van der Waals surface area contributed by atoms with Gasteiger partial charge in [0.15, 0.2) is 0 Å². The van der Waals surface area contributed by atoms with Crippen LogP contribution in [0.3, 0.4) is 0 Å². The summed E-state index contributed by atoms with van der Waals surface area (Å²) < 4.78 is 0. The molecule has 0 radical (unpaired) electrons. The van der Waals surface area contributed by atoms with Gasteiger partial charge in [0.25, 0.3) is 0 Å². The Hall–Kier alpha value is -0.160. The monoisotopic (exact) mass is 231 g/mol. The van der Waals surface area contributed by atoms with Gasteiger partial charge in [-0.15, -0.1) is 0 Å². The molecule has 0 bridgehead atoms. The van der Waals surface area contributed by atoms with Gasteiger partial charge in [-0.1, -0.05) is 0 Å². The minimum Gasteiger partial charge on any atom is -0.394 e. The van der Waals surface area contributed by atoms with E-state index in [1.807, 2.05) is 7.05 Å². The summed E-state index contributed by atoms with van der Waals surface area (Å²) in [7, 11) is 8.25. The molecule has 2 N–H and O–H groups in total. The van der Waals surface area contributed by atoms with E-state index in [0.717, 1.165) is 26.1 Å². The lowest BCUT2D eigenvalue weighted by atomic mass is 9.99. The minimum atomic E-state index is -0.143. The molecule has 0 heterocycles. The van der Waals surface area contributed by atoms with Crippen LogP contribution in [0.15, 0.2) is 0 Å². The first-order valence-corrected chi connectivity index (χ1v) is 6.06. The van der Waals surface area contributed by atoms with Crippen LogP contribution in [0.5, 0.6) is 0 Å². The first-order chi connectivity index (χ1) is 7.43. The molecule has 4 nitrogen and oxygen atoms in total. The second-order valence-electron chi connectivity index (χ2n) is 5.18. The fraction of sp³-hybridized carbons (Fsp3) is 1.00. The molecular weight excluding hydrogens is 202 g/mol. The van der Waals surface area contributed by atoms with Crippen molar-refractivity contribution in [2.75, 3.05) is 54.4 Å². The van der Waals surface area contributed by atoms with E-state index >= 15 is 0 Å². The number of aliphatic hydroxyl groups excluding tert-OH is 1. The number of rotatable bonds is 9. The van der Waals surface area contributed by atoms with Crippen LogP contribution in [0.4, 0.5) is 0 Å². The van der Waals surface area contributed by atoms with Crippen molar-refractivity contribution >= 4 is 0 Å². The normalized spacial score (nSPS) is 15.8. The standard InChI is InChI=1S/C12H29N3O/c1-12(11-16,13-2)7-10-15(5)9-6-8-14(3)4/h13,16H,6-11H2,1-5H3.